The van der Waals surface area contributed by atoms with Gasteiger partial charge in [0.25, 0.3) is 5.91 Å². The Morgan fingerprint density at radius 2 is 1.91 bits per heavy atom. The van der Waals surface area contributed by atoms with E-state index in [9.17, 15) is 24.9 Å². The maximum atomic E-state index is 14.3. The third-order valence-electron chi connectivity index (χ3n) is 13.3. The van der Waals surface area contributed by atoms with Crippen LogP contribution in [-0.4, -0.2) is 96.4 Å². The summed E-state index contributed by atoms with van der Waals surface area (Å²) in [6, 6.07) is 10.1. The molecule has 11 heteroatoms. The minimum atomic E-state index is -0.913. The number of hydroxylamine groups is 2. The number of carbonyl (C=O) groups is 2. The topological polar surface area (TPSA) is 144 Å². The van der Waals surface area contributed by atoms with Gasteiger partial charge in [0.2, 0.25) is 5.91 Å². The molecule has 5 N–H and O–H groups in total. The summed E-state index contributed by atoms with van der Waals surface area (Å²) < 4.78 is 6.06. The van der Waals surface area contributed by atoms with E-state index in [-0.39, 0.29) is 36.4 Å². The first-order valence-corrected chi connectivity index (χ1v) is 19.4. The first-order valence-electron chi connectivity index (χ1n) is 19.4. The summed E-state index contributed by atoms with van der Waals surface area (Å²) in [5.74, 6) is 0.816. The minimum absolute atomic E-state index is 0.0265. The normalized spacial score (nSPS) is 30.8. The van der Waals surface area contributed by atoms with E-state index in [0.29, 0.717) is 41.9 Å². The van der Waals surface area contributed by atoms with Crippen molar-refractivity contribution in [3.8, 4) is 16.9 Å². The van der Waals surface area contributed by atoms with Gasteiger partial charge in [0, 0.05) is 48.4 Å². The Balaban J connectivity index is 1.28. The van der Waals surface area contributed by atoms with Crippen molar-refractivity contribution in [2.45, 2.75) is 103 Å². The Hall–Kier alpha value is -3.74. The quantitative estimate of drug-likeness (QED) is 0.182. The molecule has 0 spiro atoms. The third-order valence-corrected chi connectivity index (χ3v) is 13.3. The molecule has 0 radical (unpaired) electrons. The fourth-order valence-electron chi connectivity index (χ4n) is 9.84. The van der Waals surface area contributed by atoms with Crippen molar-refractivity contribution in [1.29, 1.82) is 0 Å². The molecule has 1 heterocycles. The highest BCUT2D eigenvalue weighted by Crippen LogP contribution is 2.61. The summed E-state index contributed by atoms with van der Waals surface area (Å²) in [4.78, 5) is 36.2. The second-order valence-corrected chi connectivity index (χ2v) is 16.9. The molecule has 5 aliphatic rings. The number of ether oxygens (including phenoxy) is 1. The molecule has 11 nitrogen and oxygen atoms in total. The van der Waals surface area contributed by atoms with Crippen LogP contribution >= 0.6 is 0 Å². The van der Waals surface area contributed by atoms with Gasteiger partial charge in [-0.1, -0.05) is 50.6 Å². The number of carbonyl (C=O) groups excluding carboxylic acids is 2. The molecule has 2 amide bonds. The molecule has 4 aliphatic carbocycles. The van der Waals surface area contributed by atoms with Crippen LogP contribution in [0.25, 0.3) is 11.1 Å². The van der Waals surface area contributed by atoms with E-state index in [1.54, 1.807) is 19.1 Å². The lowest BCUT2D eigenvalue weighted by molar-refractivity contribution is -0.183. The number of allylic oxidation sites excluding steroid dienone is 1. The van der Waals surface area contributed by atoms with Crippen molar-refractivity contribution in [3.05, 3.63) is 71.3 Å². The van der Waals surface area contributed by atoms with Crippen LogP contribution in [0.5, 0.6) is 5.75 Å². The largest absolute Gasteiger partial charge is 0.496 e. The van der Waals surface area contributed by atoms with Crippen LogP contribution in [0.3, 0.4) is 0 Å². The number of para-hydroxylation sites is 1. The highest BCUT2D eigenvalue weighted by Gasteiger charge is 2.57. The fourth-order valence-corrected chi connectivity index (χ4v) is 9.84. The smallest absolute Gasteiger partial charge is 0.251 e. The maximum absolute atomic E-state index is 14.3. The standard InChI is InChI=1S/C43H60N4O7/c1-10-12-26-18-35(39(50)23(26)2)45-41(51)29-15-28(16-31(17-29)46(7)8)32-14-11-13-27(40(32)53-9)21-47-38(37(25(4)49)36(22-48)54-47)42(52)44-34-20-30-19-33(24(34)3)43(30,5)6/h10-11,13-17,24-25,30,33-39,48-50H,1,12,18-22H2,2-9H3,(H,44,52)(H,45,51)/t24-,25-,30+,33-,34-,35+,36-,37-,38-,39-/m0/s1. The average molecular weight is 745 g/mol. The van der Waals surface area contributed by atoms with Gasteiger partial charge in [-0.15, -0.1) is 6.58 Å². The number of amides is 2. The molecule has 54 heavy (non-hydrogen) atoms. The number of aliphatic hydroxyl groups excluding tert-OH is 3. The number of benzene rings is 2. The van der Waals surface area contributed by atoms with Gasteiger partial charge in [-0.3, -0.25) is 14.4 Å². The highest BCUT2D eigenvalue weighted by molar-refractivity contribution is 5.97. The molecule has 10 atom stereocenters. The summed E-state index contributed by atoms with van der Waals surface area (Å²) in [7, 11) is 5.41. The van der Waals surface area contributed by atoms with Crippen molar-refractivity contribution in [2.24, 2.45) is 29.1 Å². The van der Waals surface area contributed by atoms with Crippen LogP contribution in [0.4, 0.5) is 5.69 Å². The van der Waals surface area contributed by atoms with Crippen molar-refractivity contribution in [3.63, 3.8) is 0 Å². The first-order chi connectivity index (χ1) is 25.6. The zero-order chi connectivity index (χ0) is 39.2. The average Bonchev–Trinajstić information content (AvgIpc) is 3.64. The Kier molecular flexibility index (Phi) is 11.7. The molecule has 1 aliphatic heterocycles. The van der Waals surface area contributed by atoms with Crippen LogP contribution in [0, 0.1) is 29.1 Å². The third kappa shape index (κ3) is 7.33. The number of fused-ring (bicyclic) bond motifs is 2. The zero-order valence-electron chi connectivity index (χ0n) is 33.1. The van der Waals surface area contributed by atoms with Crippen molar-refractivity contribution in [2.75, 3.05) is 32.7 Å². The molecule has 2 aromatic carbocycles. The van der Waals surface area contributed by atoms with Gasteiger partial charge in [-0.25, -0.2) is 0 Å². The highest BCUT2D eigenvalue weighted by atomic mass is 16.7. The number of nitrogens with one attached hydrogen (secondary N) is 2. The van der Waals surface area contributed by atoms with Gasteiger partial charge >= 0.3 is 0 Å². The summed E-state index contributed by atoms with van der Waals surface area (Å²) in [5.41, 5.74) is 5.70. The monoisotopic (exact) mass is 744 g/mol. The van der Waals surface area contributed by atoms with Gasteiger partial charge in [0.1, 0.15) is 17.9 Å². The maximum Gasteiger partial charge on any atom is 0.251 e. The number of aliphatic hydroxyl groups is 3. The molecule has 2 bridgehead atoms. The molecular formula is C43H60N4O7. The molecule has 0 aromatic heterocycles. The Morgan fingerprint density at radius 1 is 1.17 bits per heavy atom. The predicted molar refractivity (Wildman–Crippen MR) is 210 cm³/mol. The molecule has 7 rings (SSSR count). The number of hydrogen-bond donors (Lipinski definition) is 5. The van der Waals surface area contributed by atoms with Crippen molar-refractivity contribution in [1.82, 2.24) is 15.7 Å². The number of hydrogen-bond acceptors (Lipinski definition) is 9. The van der Waals surface area contributed by atoms with Gasteiger partial charge in [-0.05, 0) is 92.0 Å². The Morgan fingerprint density at radius 3 is 2.52 bits per heavy atom. The molecule has 294 valence electrons. The van der Waals surface area contributed by atoms with Crippen LogP contribution in [0.2, 0.25) is 0 Å². The summed E-state index contributed by atoms with van der Waals surface area (Å²) in [6.45, 7) is 14.0. The predicted octanol–water partition coefficient (Wildman–Crippen LogP) is 4.84. The van der Waals surface area contributed by atoms with Crippen molar-refractivity contribution >= 4 is 17.5 Å². The molecule has 2 aromatic rings. The van der Waals surface area contributed by atoms with Gasteiger partial charge < -0.3 is 35.6 Å². The molecule has 4 fully saturated rings. The number of rotatable bonds is 13. The van der Waals surface area contributed by atoms with E-state index in [1.165, 1.54) is 6.42 Å². The van der Waals surface area contributed by atoms with E-state index < -0.39 is 36.3 Å². The number of methoxy groups -OCH3 is 1. The van der Waals surface area contributed by atoms with E-state index in [0.717, 1.165) is 39.9 Å². The lowest BCUT2D eigenvalue weighted by Gasteiger charge is -2.62. The van der Waals surface area contributed by atoms with Gasteiger partial charge in [0.15, 0.2) is 0 Å². The Bertz CT molecular complexity index is 1770. The molecule has 0 unspecified atom stereocenters. The fraction of sp³-hybridized carbons (Fsp3) is 0.581. The molecule has 3 saturated carbocycles. The second-order valence-electron chi connectivity index (χ2n) is 16.9. The van der Waals surface area contributed by atoms with Crippen LogP contribution in [-0.2, 0) is 16.2 Å². The minimum Gasteiger partial charge on any atom is -0.496 e. The summed E-state index contributed by atoms with van der Waals surface area (Å²) in [5, 5.41) is 40.2. The van der Waals surface area contributed by atoms with E-state index in [2.05, 4.69) is 38.0 Å². The van der Waals surface area contributed by atoms with E-state index in [1.807, 2.05) is 68.4 Å². The van der Waals surface area contributed by atoms with E-state index in [4.69, 9.17) is 9.57 Å². The van der Waals surface area contributed by atoms with E-state index >= 15 is 0 Å². The molecular weight excluding hydrogens is 684 g/mol. The Labute approximate surface area is 320 Å². The van der Waals surface area contributed by atoms with Crippen LogP contribution in [0.15, 0.2) is 60.2 Å². The van der Waals surface area contributed by atoms with Gasteiger partial charge in [0.05, 0.1) is 38.5 Å². The van der Waals surface area contributed by atoms with Crippen LogP contribution in [0.1, 0.15) is 76.2 Å². The van der Waals surface area contributed by atoms with Gasteiger partial charge in [-0.2, -0.15) is 5.06 Å². The number of nitrogens with zero attached hydrogens (tertiary/aromatic N) is 2. The zero-order valence-corrected chi connectivity index (χ0v) is 33.1. The number of anilines is 1. The van der Waals surface area contributed by atoms with Crippen LogP contribution < -0.4 is 20.3 Å². The first kappa shape index (κ1) is 39.9. The molecule has 1 saturated heterocycles. The SMILES string of the molecule is C=CCC1=C(C)[C@H](O)[C@H](NC(=O)c2cc(-c3cccc(CN4O[C@@H](CO)[C@H]([C@H](C)O)[C@H]4C(=O)N[C@H]4C[C@H]5C[C@@H]([C@@H]4C)C5(C)C)c3OC)cc(N(C)C)c2)C1. The summed E-state index contributed by atoms with van der Waals surface area (Å²) in [6.07, 6.45) is 2.70. The lowest BCUT2D eigenvalue weighted by atomic mass is 9.45. The van der Waals surface area contributed by atoms with Crippen molar-refractivity contribution < 1.29 is 34.5 Å². The second kappa shape index (κ2) is 15.8. The summed E-state index contributed by atoms with van der Waals surface area (Å²) >= 11 is 0. The lowest BCUT2D eigenvalue weighted by Crippen LogP contribution is -2.62.